The van der Waals surface area contributed by atoms with E-state index in [1.165, 1.54) is 0 Å². The highest BCUT2D eigenvalue weighted by molar-refractivity contribution is 5.89. The first-order valence-electron chi connectivity index (χ1n) is 4.41. The summed E-state index contributed by atoms with van der Waals surface area (Å²) in [6.07, 6.45) is 1.68. The van der Waals surface area contributed by atoms with Gasteiger partial charge in [-0.1, -0.05) is 0 Å². The predicted molar refractivity (Wildman–Crippen MR) is 58.2 cm³/mol. The maximum atomic E-state index is 10.6. The van der Waals surface area contributed by atoms with E-state index in [2.05, 4.69) is 15.5 Å². The Bertz CT molecular complexity index is 504. The van der Waals surface area contributed by atoms with E-state index in [0.717, 1.165) is 10.9 Å². The number of benzene rings is 1. The molecule has 1 aromatic carbocycles. The standard InChI is InChI=1S/C9H11N5O/c10-6-1-5-3-13-14-7(5)2-8(6)12-4-9(11)15/h1-3,12H,4,10H2,(H2,11,15)(H,13,14). The van der Waals surface area contributed by atoms with Gasteiger partial charge in [0, 0.05) is 5.39 Å². The number of nitrogens with zero attached hydrogens (tertiary/aromatic N) is 1. The maximum absolute atomic E-state index is 10.6. The van der Waals surface area contributed by atoms with Gasteiger partial charge in [-0.2, -0.15) is 5.10 Å². The van der Waals surface area contributed by atoms with Crippen LogP contribution in [0.2, 0.25) is 0 Å². The number of H-pyrrole nitrogens is 1. The number of primary amides is 1. The average Bonchev–Trinajstić information content (AvgIpc) is 2.60. The molecule has 0 aliphatic heterocycles. The van der Waals surface area contributed by atoms with Crippen molar-refractivity contribution in [3.8, 4) is 0 Å². The molecule has 1 heterocycles. The SMILES string of the molecule is NC(=O)CNc1cc2[nH]ncc2cc1N. The Kier molecular flexibility index (Phi) is 2.17. The lowest BCUT2D eigenvalue weighted by molar-refractivity contribution is -0.116. The molecule has 0 atom stereocenters. The minimum atomic E-state index is -0.431. The van der Waals surface area contributed by atoms with Gasteiger partial charge < -0.3 is 16.8 Å². The van der Waals surface area contributed by atoms with Gasteiger partial charge in [0.05, 0.1) is 29.6 Å². The lowest BCUT2D eigenvalue weighted by Crippen LogP contribution is -2.22. The van der Waals surface area contributed by atoms with Crippen LogP contribution in [0.3, 0.4) is 0 Å². The van der Waals surface area contributed by atoms with Crippen LogP contribution in [0.1, 0.15) is 0 Å². The quantitative estimate of drug-likeness (QED) is 0.530. The Morgan fingerprint density at radius 1 is 1.53 bits per heavy atom. The fourth-order valence-electron chi connectivity index (χ4n) is 1.34. The Balaban J connectivity index is 2.33. The molecule has 0 radical (unpaired) electrons. The van der Waals surface area contributed by atoms with Crippen LogP contribution < -0.4 is 16.8 Å². The van der Waals surface area contributed by atoms with Gasteiger partial charge >= 0.3 is 0 Å². The van der Waals surface area contributed by atoms with Gasteiger partial charge in [0.15, 0.2) is 0 Å². The summed E-state index contributed by atoms with van der Waals surface area (Å²) in [5, 5.41) is 10.5. The number of amides is 1. The summed E-state index contributed by atoms with van der Waals surface area (Å²) < 4.78 is 0. The number of rotatable bonds is 3. The predicted octanol–water partition coefficient (Wildman–Crippen LogP) is 0.0423. The molecule has 6 N–H and O–H groups in total. The van der Waals surface area contributed by atoms with Gasteiger partial charge in [-0.05, 0) is 12.1 Å². The largest absolute Gasteiger partial charge is 0.397 e. The highest BCUT2D eigenvalue weighted by atomic mass is 16.1. The number of hydrogen-bond donors (Lipinski definition) is 4. The second-order valence-electron chi connectivity index (χ2n) is 3.22. The van der Waals surface area contributed by atoms with Crippen LogP contribution in [0.4, 0.5) is 11.4 Å². The van der Waals surface area contributed by atoms with Crippen molar-refractivity contribution < 1.29 is 4.79 Å². The summed E-state index contributed by atoms with van der Waals surface area (Å²) in [7, 11) is 0. The molecule has 78 valence electrons. The first-order valence-corrected chi connectivity index (χ1v) is 4.41. The van der Waals surface area contributed by atoms with Crippen molar-refractivity contribution >= 4 is 28.2 Å². The third-order valence-electron chi connectivity index (χ3n) is 2.06. The lowest BCUT2D eigenvalue weighted by atomic mass is 10.2. The zero-order chi connectivity index (χ0) is 10.8. The first-order chi connectivity index (χ1) is 7.16. The van der Waals surface area contributed by atoms with E-state index in [1.54, 1.807) is 18.3 Å². The minimum absolute atomic E-state index is 0.0594. The Labute approximate surface area is 85.6 Å². The zero-order valence-corrected chi connectivity index (χ0v) is 7.95. The summed E-state index contributed by atoms with van der Waals surface area (Å²) in [5.41, 5.74) is 12.9. The van der Waals surface area contributed by atoms with Crippen LogP contribution >= 0.6 is 0 Å². The summed E-state index contributed by atoms with van der Waals surface area (Å²) in [4.78, 5) is 10.6. The molecule has 0 saturated heterocycles. The van der Waals surface area contributed by atoms with E-state index >= 15 is 0 Å². The van der Waals surface area contributed by atoms with Crippen molar-refractivity contribution in [3.63, 3.8) is 0 Å². The van der Waals surface area contributed by atoms with Crippen molar-refractivity contribution in [1.29, 1.82) is 0 Å². The molecule has 2 aromatic rings. The van der Waals surface area contributed by atoms with Gasteiger partial charge in [0.25, 0.3) is 0 Å². The fraction of sp³-hybridized carbons (Fsp3) is 0.111. The lowest BCUT2D eigenvalue weighted by Gasteiger charge is -2.07. The number of fused-ring (bicyclic) bond motifs is 1. The van der Waals surface area contributed by atoms with E-state index in [1.807, 2.05) is 0 Å². The van der Waals surface area contributed by atoms with Crippen molar-refractivity contribution in [2.24, 2.45) is 5.73 Å². The smallest absolute Gasteiger partial charge is 0.236 e. The van der Waals surface area contributed by atoms with Crippen LogP contribution in [0.25, 0.3) is 10.9 Å². The molecule has 0 bridgehead atoms. The molecule has 2 rings (SSSR count). The van der Waals surface area contributed by atoms with Gasteiger partial charge in [-0.25, -0.2) is 0 Å². The van der Waals surface area contributed by atoms with Gasteiger partial charge in [-0.3, -0.25) is 9.89 Å². The number of carbonyl (C=O) groups is 1. The molecule has 0 unspecified atom stereocenters. The molecule has 1 amide bonds. The molecule has 1 aromatic heterocycles. The van der Waals surface area contributed by atoms with Crippen molar-refractivity contribution in [3.05, 3.63) is 18.3 Å². The molecular weight excluding hydrogens is 194 g/mol. The number of nitrogens with one attached hydrogen (secondary N) is 2. The highest BCUT2D eigenvalue weighted by Gasteiger charge is 2.04. The molecule has 15 heavy (non-hydrogen) atoms. The monoisotopic (exact) mass is 205 g/mol. The molecule has 6 heteroatoms. The van der Waals surface area contributed by atoms with Gasteiger partial charge in [0.2, 0.25) is 5.91 Å². The van der Waals surface area contributed by atoms with Crippen LogP contribution in [-0.4, -0.2) is 22.6 Å². The first kappa shape index (κ1) is 9.32. The molecule has 6 nitrogen and oxygen atoms in total. The molecule has 0 aliphatic carbocycles. The Morgan fingerprint density at radius 2 is 2.33 bits per heavy atom. The number of carbonyl (C=O) groups excluding carboxylic acids is 1. The van der Waals surface area contributed by atoms with Crippen molar-refractivity contribution in [2.75, 3.05) is 17.6 Å². The second-order valence-corrected chi connectivity index (χ2v) is 3.22. The third-order valence-corrected chi connectivity index (χ3v) is 2.06. The van der Waals surface area contributed by atoms with Gasteiger partial charge in [0.1, 0.15) is 0 Å². The van der Waals surface area contributed by atoms with E-state index in [0.29, 0.717) is 11.4 Å². The number of nitrogen functional groups attached to an aromatic ring is 1. The van der Waals surface area contributed by atoms with Crippen LogP contribution in [-0.2, 0) is 4.79 Å². The normalized spacial score (nSPS) is 10.4. The highest BCUT2D eigenvalue weighted by Crippen LogP contribution is 2.24. The summed E-state index contributed by atoms with van der Waals surface area (Å²) in [5.74, 6) is -0.431. The van der Waals surface area contributed by atoms with Crippen LogP contribution in [0.5, 0.6) is 0 Å². The van der Waals surface area contributed by atoms with Crippen LogP contribution in [0, 0.1) is 0 Å². The van der Waals surface area contributed by atoms with Crippen LogP contribution in [0.15, 0.2) is 18.3 Å². The summed E-state index contributed by atoms with van der Waals surface area (Å²) in [6.45, 7) is 0.0594. The molecule has 0 fully saturated rings. The summed E-state index contributed by atoms with van der Waals surface area (Å²) in [6, 6.07) is 3.57. The second kappa shape index (κ2) is 3.49. The third kappa shape index (κ3) is 1.83. The Hall–Kier alpha value is -2.24. The number of hydrogen-bond acceptors (Lipinski definition) is 4. The maximum Gasteiger partial charge on any atom is 0.236 e. The topological polar surface area (TPSA) is 110 Å². The average molecular weight is 205 g/mol. The van der Waals surface area contributed by atoms with E-state index in [9.17, 15) is 4.79 Å². The fourth-order valence-corrected chi connectivity index (χ4v) is 1.34. The van der Waals surface area contributed by atoms with E-state index in [-0.39, 0.29) is 6.54 Å². The van der Waals surface area contributed by atoms with E-state index in [4.69, 9.17) is 11.5 Å². The minimum Gasteiger partial charge on any atom is -0.397 e. The molecule has 0 aliphatic rings. The molecule has 0 saturated carbocycles. The molecular formula is C9H11N5O. The number of nitrogens with two attached hydrogens (primary N) is 2. The van der Waals surface area contributed by atoms with E-state index < -0.39 is 5.91 Å². The van der Waals surface area contributed by atoms with Crippen molar-refractivity contribution in [1.82, 2.24) is 10.2 Å². The number of aromatic amines is 1. The zero-order valence-electron chi connectivity index (χ0n) is 7.95. The summed E-state index contributed by atoms with van der Waals surface area (Å²) >= 11 is 0. The number of aromatic nitrogens is 2. The van der Waals surface area contributed by atoms with Gasteiger partial charge in [-0.15, -0.1) is 0 Å². The molecule has 0 spiro atoms. The Morgan fingerprint density at radius 3 is 3.07 bits per heavy atom. The number of anilines is 2. The van der Waals surface area contributed by atoms with Crippen molar-refractivity contribution in [2.45, 2.75) is 0 Å².